The first-order valence-electron chi connectivity index (χ1n) is 2.54. The second-order valence-corrected chi connectivity index (χ2v) is 1.65. The molecule has 0 fully saturated rings. The van der Waals surface area contributed by atoms with Gasteiger partial charge in [0.1, 0.15) is 0 Å². The fraction of sp³-hybridized carbons (Fsp3) is 0.143. The predicted molar refractivity (Wildman–Crippen MR) is 31.9 cm³/mol. The quantitative estimate of drug-likeness (QED) is 0.538. The topological polar surface area (TPSA) is 17.1 Å². The second-order valence-electron chi connectivity index (χ2n) is 1.65. The maximum absolute atomic E-state index is 7.88. The number of rotatable bonds is 0. The molecular weight excluding hydrogens is 159 g/mol. The van der Waals surface area contributed by atoms with Crippen LogP contribution in [0.5, 0.6) is 0 Å². The average molecular weight is 167 g/mol. The summed E-state index contributed by atoms with van der Waals surface area (Å²) in [5, 5.41) is 0. The van der Waals surface area contributed by atoms with E-state index in [2.05, 4.69) is 34.4 Å². The first-order valence-corrected chi connectivity index (χ1v) is 2.94. The molecule has 1 aromatic carbocycles. The number of aryl methyl sites for hydroxylation is 1. The zero-order valence-electron chi connectivity index (χ0n) is 5.11. The standard InChI is InChI=1S/C7H8.Ni.O/c1-7-5-3-2-4-6-7;;/h2-6H,1H3;;. The third-order valence-electron chi connectivity index (χ3n) is 0.940. The summed E-state index contributed by atoms with van der Waals surface area (Å²) in [4.78, 5) is 0. The molecule has 0 saturated carbocycles. The molecule has 0 unspecified atom stereocenters. The van der Waals surface area contributed by atoms with Gasteiger partial charge in [-0.15, -0.1) is 0 Å². The van der Waals surface area contributed by atoms with Crippen LogP contribution in [0.2, 0.25) is 0 Å². The Kier molecular flexibility index (Phi) is 5.34. The van der Waals surface area contributed by atoms with Gasteiger partial charge >= 0.3 is 19.3 Å². The molecule has 0 aliphatic carbocycles. The van der Waals surface area contributed by atoms with Gasteiger partial charge in [-0.25, -0.2) is 0 Å². The van der Waals surface area contributed by atoms with E-state index >= 15 is 0 Å². The van der Waals surface area contributed by atoms with E-state index in [4.69, 9.17) is 3.90 Å². The Morgan fingerprint density at radius 3 is 1.78 bits per heavy atom. The van der Waals surface area contributed by atoms with E-state index in [0.717, 1.165) is 0 Å². The van der Waals surface area contributed by atoms with Crippen LogP contribution in [-0.2, 0) is 19.3 Å². The Bertz CT molecular complexity index is 150. The number of hydrogen-bond donors (Lipinski definition) is 0. The molecule has 0 atom stereocenters. The Labute approximate surface area is 62.6 Å². The molecule has 52 valence electrons. The molecule has 2 heteroatoms. The van der Waals surface area contributed by atoms with Gasteiger partial charge in [0.05, 0.1) is 0 Å². The Hall–Kier alpha value is -0.486. The van der Waals surface area contributed by atoms with Crippen molar-refractivity contribution in [2.45, 2.75) is 6.92 Å². The van der Waals surface area contributed by atoms with Crippen LogP contribution in [0.25, 0.3) is 0 Å². The Balaban J connectivity index is 0.000000291. The van der Waals surface area contributed by atoms with Gasteiger partial charge in [-0.1, -0.05) is 35.9 Å². The summed E-state index contributed by atoms with van der Waals surface area (Å²) < 4.78 is 7.88. The van der Waals surface area contributed by atoms with Gasteiger partial charge in [-0.2, -0.15) is 0 Å². The third kappa shape index (κ3) is 4.05. The van der Waals surface area contributed by atoms with Crippen LogP contribution < -0.4 is 0 Å². The molecule has 1 nitrogen and oxygen atoms in total. The minimum absolute atomic E-state index is 1.32. The van der Waals surface area contributed by atoms with Crippen LogP contribution in [0, 0.1) is 6.92 Å². The van der Waals surface area contributed by atoms with Gasteiger partial charge in [-0.05, 0) is 6.92 Å². The second kappa shape index (κ2) is 5.65. The van der Waals surface area contributed by atoms with E-state index in [1.165, 1.54) is 5.56 Å². The van der Waals surface area contributed by atoms with E-state index < -0.39 is 0 Å². The van der Waals surface area contributed by atoms with Crippen molar-refractivity contribution in [2.75, 3.05) is 0 Å². The van der Waals surface area contributed by atoms with E-state index in [9.17, 15) is 0 Å². The van der Waals surface area contributed by atoms with Crippen LogP contribution in [-0.4, -0.2) is 0 Å². The van der Waals surface area contributed by atoms with Crippen LogP contribution in [0.3, 0.4) is 0 Å². The van der Waals surface area contributed by atoms with Crippen molar-refractivity contribution in [2.24, 2.45) is 0 Å². The van der Waals surface area contributed by atoms with Crippen molar-refractivity contribution < 1.29 is 19.3 Å². The van der Waals surface area contributed by atoms with Crippen molar-refractivity contribution in [1.29, 1.82) is 0 Å². The normalized spacial score (nSPS) is 7.44. The molecule has 0 aromatic heterocycles. The predicted octanol–water partition coefficient (Wildman–Crippen LogP) is 1.87. The average Bonchev–Trinajstić information content (AvgIpc) is 1.94. The van der Waals surface area contributed by atoms with Gasteiger partial charge in [0.15, 0.2) is 0 Å². The monoisotopic (exact) mass is 166 g/mol. The van der Waals surface area contributed by atoms with Gasteiger partial charge in [0.2, 0.25) is 0 Å². The number of hydrogen-bond acceptors (Lipinski definition) is 1. The van der Waals surface area contributed by atoms with Gasteiger partial charge in [0, 0.05) is 0 Å². The molecule has 0 aliphatic rings. The van der Waals surface area contributed by atoms with Crippen molar-refractivity contribution >= 4 is 0 Å². The van der Waals surface area contributed by atoms with Crippen molar-refractivity contribution in [1.82, 2.24) is 0 Å². The van der Waals surface area contributed by atoms with Crippen LogP contribution in [0.15, 0.2) is 30.3 Å². The van der Waals surface area contributed by atoms with E-state index in [1.54, 1.807) is 0 Å². The fourth-order valence-corrected chi connectivity index (χ4v) is 0.534. The SMILES string of the molecule is Cc1ccccc1.[O]=[Ni]. The summed E-state index contributed by atoms with van der Waals surface area (Å²) in [6.07, 6.45) is 0. The Morgan fingerprint density at radius 2 is 1.56 bits per heavy atom. The maximum atomic E-state index is 7.88. The van der Waals surface area contributed by atoms with Crippen molar-refractivity contribution in [3.8, 4) is 0 Å². The van der Waals surface area contributed by atoms with Gasteiger partial charge in [-0.3, -0.25) is 0 Å². The van der Waals surface area contributed by atoms with E-state index in [-0.39, 0.29) is 0 Å². The summed E-state index contributed by atoms with van der Waals surface area (Å²) in [5.41, 5.74) is 1.32. The molecular formula is C7H8NiO. The fourth-order valence-electron chi connectivity index (χ4n) is 0.534. The summed E-state index contributed by atoms with van der Waals surface area (Å²) in [7, 11) is 0. The number of benzene rings is 1. The first-order chi connectivity index (χ1) is 4.39. The molecule has 0 radical (unpaired) electrons. The van der Waals surface area contributed by atoms with Crippen LogP contribution in [0.1, 0.15) is 5.56 Å². The molecule has 1 aromatic rings. The summed E-state index contributed by atoms with van der Waals surface area (Å²) in [5.74, 6) is 0. The summed E-state index contributed by atoms with van der Waals surface area (Å²) in [6.45, 7) is 2.08. The third-order valence-corrected chi connectivity index (χ3v) is 0.940. The molecule has 0 saturated heterocycles. The van der Waals surface area contributed by atoms with Crippen LogP contribution in [0.4, 0.5) is 0 Å². The van der Waals surface area contributed by atoms with E-state index in [1.807, 2.05) is 18.2 Å². The molecule has 0 N–H and O–H groups in total. The molecule has 0 aliphatic heterocycles. The summed E-state index contributed by atoms with van der Waals surface area (Å²) in [6, 6.07) is 10.3. The molecule has 1 rings (SSSR count). The molecule has 0 heterocycles. The zero-order chi connectivity index (χ0) is 7.11. The molecule has 9 heavy (non-hydrogen) atoms. The molecule has 0 spiro atoms. The first kappa shape index (κ1) is 8.51. The van der Waals surface area contributed by atoms with Crippen LogP contribution >= 0.6 is 0 Å². The Morgan fingerprint density at radius 1 is 1.11 bits per heavy atom. The van der Waals surface area contributed by atoms with E-state index in [0.29, 0.717) is 0 Å². The van der Waals surface area contributed by atoms with Gasteiger partial charge < -0.3 is 0 Å². The zero-order valence-corrected chi connectivity index (χ0v) is 6.10. The molecule has 0 bridgehead atoms. The van der Waals surface area contributed by atoms with Gasteiger partial charge in [0.25, 0.3) is 0 Å². The summed E-state index contributed by atoms with van der Waals surface area (Å²) >= 11 is 2.62. The minimum atomic E-state index is 1.32. The molecule has 0 amide bonds. The van der Waals surface area contributed by atoms with Crippen molar-refractivity contribution in [3.63, 3.8) is 0 Å². The van der Waals surface area contributed by atoms with Crippen molar-refractivity contribution in [3.05, 3.63) is 35.9 Å².